The second-order valence-corrected chi connectivity index (χ2v) is 6.25. The van der Waals surface area contributed by atoms with Gasteiger partial charge in [-0.3, -0.25) is 9.59 Å². The van der Waals surface area contributed by atoms with Crippen molar-refractivity contribution in [2.75, 3.05) is 0 Å². The van der Waals surface area contributed by atoms with Gasteiger partial charge in [-0.15, -0.1) is 0 Å². The molecule has 0 rings (SSSR count). The molecule has 0 aliphatic rings. The topological polar surface area (TPSA) is 74.6 Å². The number of hydrogen-bond donors (Lipinski definition) is 2. The SMILES string of the molecule is CC(CCC(C)(C)CC(C)C(C)C(=O)O)C(=O)O. The van der Waals surface area contributed by atoms with E-state index in [1.54, 1.807) is 13.8 Å². The lowest BCUT2D eigenvalue weighted by Crippen LogP contribution is -2.25. The first-order valence-corrected chi connectivity index (χ1v) is 6.52. The van der Waals surface area contributed by atoms with Crippen LogP contribution in [0, 0.1) is 23.2 Å². The lowest BCUT2D eigenvalue weighted by Gasteiger charge is -2.30. The molecule has 3 unspecified atom stereocenters. The highest BCUT2D eigenvalue weighted by Gasteiger charge is 2.28. The maximum absolute atomic E-state index is 10.9. The molecule has 0 aliphatic carbocycles. The summed E-state index contributed by atoms with van der Waals surface area (Å²) >= 11 is 0. The molecular formula is C14H26O4. The van der Waals surface area contributed by atoms with Crippen LogP contribution in [0.15, 0.2) is 0 Å². The molecule has 2 N–H and O–H groups in total. The van der Waals surface area contributed by atoms with Crippen LogP contribution in [0.25, 0.3) is 0 Å². The molecule has 0 saturated heterocycles. The summed E-state index contributed by atoms with van der Waals surface area (Å²) in [6.07, 6.45) is 2.24. The zero-order chi connectivity index (χ0) is 14.5. The van der Waals surface area contributed by atoms with Crippen LogP contribution in [-0.2, 0) is 9.59 Å². The monoisotopic (exact) mass is 258 g/mol. The van der Waals surface area contributed by atoms with Crippen LogP contribution in [0.3, 0.4) is 0 Å². The average Bonchev–Trinajstić information content (AvgIpc) is 2.23. The summed E-state index contributed by atoms with van der Waals surface area (Å²) in [5.74, 6) is -2.13. The Morgan fingerprint density at radius 1 is 1.06 bits per heavy atom. The van der Waals surface area contributed by atoms with E-state index in [0.717, 1.165) is 12.8 Å². The first-order valence-electron chi connectivity index (χ1n) is 6.52. The van der Waals surface area contributed by atoms with Crippen molar-refractivity contribution in [3.63, 3.8) is 0 Å². The van der Waals surface area contributed by atoms with Gasteiger partial charge in [0.25, 0.3) is 0 Å². The zero-order valence-electron chi connectivity index (χ0n) is 12.1. The molecule has 4 heteroatoms. The van der Waals surface area contributed by atoms with Gasteiger partial charge >= 0.3 is 11.9 Å². The molecule has 4 nitrogen and oxygen atoms in total. The smallest absolute Gasteiger partial charge is 0.306 e. The lowest BCUT2D eigenvalue weighted by molar-refractivity contribution is -0.143. The van der Waals surface area contributed by atoms with Crippen molar-refractivity contribution in [2.24, 2.45) is 23.2 Å². The Labute approximate surface area is 109 Å². The van der Waals surface area contributed by atoms with Crippen molar-refractivity contribution >= 4 is 11.9 Å². The van der Waals surface area contributed by atoms with Crippen molar-refractivity contribution in [1.29, 1.82) is 0 Å². The molecule has 0 fully saturated rings. The molecule has 0 saturated carbocycles. The molecule has 0 heterocycles. The van der Waals surface area contributed by atoms with E-state index in [9.17, 15) is 9.59 Å². The fraction of sp³-hybridized carbons (Fsp3) is 0.857. The van der Waals surface area contributed by atoms with Gasteiger partial charge in [-0.05, 0) is 30.6 Å². The Hall–Kier alpha value is -1.06. The first-order chi connectivity index (χ1) is 8.07. The van der Waals surface area contributed by atoms with Crippen LogP contribution in [0.5, 0.6) is 0 Å². The maximum Gasteiger partial charge on any atom is 0.306 e. The summed E-state index contributed by atoms with van der Waals surface area (Å²) in [7, 11) is 0. The molecule has 3 atom stereocenters. The van der Waals surface area contributed by atoms with Gasteiger partial charge < -0.3 is 10.2 Å². The van der Waals surface area contributed by atoms with Gasteiger partial charge in [0.1, 0.15) is 0 Å². The third kappa shape index (κ3) is 6.03. The van der Waals surface area contributed by atoms with Gasteiger partial charge in [0.05, 0.1) is 11.8 Å². The number of hydrogen-bond acceptors (Lipinski definition) is 2. The standard InChI is InChI=1S/C14H26O4/c1-9(12(15)16)6-7-14(4,5)8-10(2)11(3)13(17)18/h9-11H,6-8H2,1-5H3,(H,15,16)(H,17,18). The minimum absolute atomic E-state index is 0.0210. The fourth-order valence-corrected chi connectivity index (χ4v) is 2.12. The van der Waals surface area contributed by atoms with Crippen LogP contribution in [-0.4, -0.2) is 22.2 Å². The third-order valence-corrected chi connectivity index (χ3v) is 3.79. The molecule has 0 radical (unpaired) electrons. The summed E-state index contributed by atoms with van der Waals surface area (Å²) in [5, 5.41) is 17.8. The maximum atomic E-state index is 10.9. The Bertz CT molecular complexity index is 296. The molecule has 0 aromatic carbocycles. The summed E-state index contributed by atoms with van der Waals surface area (Å²) in [6, 6.07) is 0. The minimum atomic E-state index is -0.766. The summed E-state index contributed by atoms with van der Waals surface area (Å²) < 4.78 is 0. The molecule has 0 aromatic heterocycles. The molecule has 0 spiro atoms. The van der Waals surface area contributed by atoms with Crippen molar-refractivity contribution in [3.8, 4) is 0 Å². The Morgan fingerprint density at radius 2 is 1.56 bits per heavy atom. The van der Waals surface area contributed by atoms with E-state index >= 15 is 0 Å². The van der Waals surface area contributed by atoms with Crippen LogP contribution in [0.1, 0.15) is 53.9 Å². The molecule has 106 valence electrons. The number of aliphatic carboxylic acids is 2. The lowest BCUT2D eigenvalue weighted by atomic mass is 9.75. The van der Waals surface area contributed by atoms with Crippen molar-refractivity contribution in [1.82, 2.24) is 0 Å². The van der Waals surface area contributed by atoms with E-state index in [1.165, 1.54) is 0 Å². The molecule has 0 amide bonds. The average molecular weight is 258 g/mol. The molecule has 0 aromatic rings. The number of carboxylic acid groups (broad SMARTS) is 2. The van der Waals surface area contributed by atoms with Gasteiger partial charge in [0, 0.05) is 0 Å². The first kappa shape index (κ1) is 16.9. The van der Waals surface area contributed by atoms with Crippen molar-refractivity contribution in [2.45, 2.75) is 53.9 Å². The highest BCUT2D eigenvalue weighted by Crippen LogP contribution is 2.34. The minimum Gasteiger partial charge on any atom is -0.481 e. The Morgan fingerprint density at radius 3 is 1.94 bits per heavy atom. The van der Waals surface area contributed by atoms with Crippen molar-refractivity contribution in [3.05, 3.63) is 0 Å². The van der Waals surface area contributed by atoms with Gasteiger partial charge in [0.15, 0.2) is 0 Å². The second-order valence-electron chi connectivity index (χ2n) is 6.25. The fourth-order valence-electron chi connectivity index (χ4n) is 2.12. The van der Waals surface area contributed by atoms with E-state index in [4.69, 9.17) is 10.2 Å². The summed E-state index contributed by atoms with van der Waals surface area (Å²) in [5.41, 5.74) is -0.0210. The van der Waals surface area contributed by atoms with Crippen LogP contribution in [0.4, 0.5) is 0 Å². The van der Waals surface area contributed by atoms with E-state index < -0.39 is 11.9 Å². The van der Waals surface area contributed by atoms with E-state index in [2.05, 4.69) is 13.8 Å². The van der Waals surface area contributed by atoms with Gasteiger partial charge in [-0.1, -0.05) is 34.6 Å². The summed E-state index contributed by atoms with van der Waals surface area (Å²) in [6.45, 7) is 9.53. The predicted octanol–water partition coefficient (Wildman–Crippen LogP) is 3.26. The predicted molar refractivity (Wildman–Crippen MR) is 70.4 cm³/mol. The number of rotatable bonds is 8. The molecule has 0 aliphatic heterocycles. The largest absolute Gasteiger partial charge is 0.481 e. The number of carboxylic acids is 2. The van der Waals surface area contributed by atoms with Gasteiger partial charge in [-0.2, -0.15) is 0 Å². The summed E-state index contributed by atoms with van der Waals surface area (Å²) in [4.78, 5) is 21.7. The van der Waals surface area contributed by atoms with Gasteiger partial charge in [0.2, 0.25) is 0 Å². The Balaban J connectivity index is 4.30. The quantitative estimate of drug-likeness (QED) is 0.700. The molecule has 18 heavy (non-hydrogen) atoms. The number of carbonyl (C=O) groups is 2. The normalized spacial score (nSPS) is 16.9. The highest BCUT2D eigenvalue weighted by molar-refractivity contribution is 5.70. The third-order valence-electron chi connectivity index (χ3n) is 3.79. The van der Waals surface area contributed by atoms with Gasteiger partial charge in [-0.25, -0.2) is 0 Å². The zero-order valence-corrected chi connectivity index (χ0v) is 12.1. The van der Waals surface area contributed by atoms with E-state index in [0.29, 0.717) is 6.42 Å². The highest BCUT2D eigenvalue weighted by atomic mass is 16.4. The molecular weight excluding hydrogens is 232 g/mol. The van der Waals surface area contributed by atoms with Crippen LogP contribution >= 0.6 is 0 Å². The van der Waals surface area contributed by atoms with Crippen LogP contribution < -0.4 is 0 Å². The Kier molecular flexibility index (Phi) is 6.36. The van der Waals surface area contributed by atoms with Crippen molar-refractivity contribution < 1.29 is 19.8 Å². The van der Waals surface area contributed by atoms with Crippen LogP contribution in [0.2, 0.25) is 0 Å². The molecule has 0 bridgehead atoms. The van der Waals surface area contributed by atoms with E-state index in [-0.39, 0.29) is 23.2 Å². The second kappa shape index (κ2) is 6.76. The van der Waals surface area contributed by atoms with E-state index in [1.807, 2.05) is 6.92 Å².